The molecule has 0 aliphatic heterocycles. The van der Waals surface area contributed by atoms with Crippen LogP contribution in [0.4, 0.5) is 0 Å². The Morgan fingerprint density at radius 3 is 1.11 bits per heavy atom. The lowest BCUT2D eigenvalue weighted by atomic mass is 9.92. The van der Waals surface area contributed by atoms with E-state index in [9.17, 15) is 0 Å². The zero-order chi connectivity index (χ0) is 19.2. The lowest BCUT2D eigenvalue weighted by Gasteiger charge is -2.13. The topological polar surface area (TPSA) is 0 Å². The molecule has 0 nitrogen and oxygen atoms in total. The molecule has 0 aliphatic carbocycles. The Hall–Kier alpha value is -3.12. The van der Waals surface area contributed by atoms with Crippen LogP contribution in [0.5, 0.6) is 0 Å². The van der Waals surface area contributed by atoms with Gasteiger partial charge in [-0.05, 0) is 52.1 Å². The molecule has 4 rings (SSSR count). The molecule has 0 bridgehead atoms. The van der Waals surface area contributed by atoms with E-state index >= 15 is 0 Å². The van der Waals surface area contributed by atoms with Gasteiger partial charge < -0.3 is 0 Å². The molecular formula is C28H26. The smallest absolute Gasteiger partial charge is 0.0184 e. The first kappa shape index (κ1) is 18.3. The first-order valence-electron chi connectivity index (χ1n) is 10.1. The fourth-order valence-corrected chi connectivity index (χ4v) is 3.80. The molecule has 0 amide bonds. The first-order valence-corrected chi connectivity index (χ1v) is 10.1. The predicted molar refractivity (Wildman–Crippen MR) is 120 cm³/mol. The highest BCUT2D eigenvalue weighted by Crippen LogP contribution is 2.23. The lowest BCUT2D eigenvalue weighted by Crippen LogP contribution is -2.03. The van der Waals surface area contributed by atoms with Crippen molar-refractivity contribution in [3.8, 4) is 22.3 Å². The van der Waals surface area contributed by atoms with Gasteiger partial charge in [0, 0.05) is 0 Å². The number of hydrogen-bond donors (Lipinski definition) is 0. The molecule has 0 saturated carbocycles. The van der Waals surface area contributed by atoms with Crippen LogP contribution in [0.25, 0.3) is 22.3 Å². The molecule has 0 saturated heterocycles. The summed E-state index contributed by atoms with van der Waals surface area (Å²) in [5.41, 5.74) is 7.95. The Labute approximate surface area is 168 Å². The Kier molecular flexibility index (Phi) is 5.68. The van der Waals surface area contributed by atoms with Gasteiger partial charge in [0.05, 0.1) is 0 Å². The van der Waals surface area contributed by atoms with Crippen molar-refractivity contribution in [2.24, 2.45) is 5.92 Å². The van der Waals surface area contributed by atoms with Gasteiger partial charge in [0.2, 0.25) is 0 Å². The Morgan fingerprint density at radius 2 is 0.750 bits per heavy atom. The van der Waals surface area contributed by atoms with E-state index in [1.807, 2.05) is 0 Å². The summed E-state index contributed by atoms with van der Waals surface area (Å²) in [5, 5.41) is 0. The summed E-state index contributed by atoms with van der Waals surface area (Å²) < 4.78 is 0. The van der Waals surface area contributed by atoms with E-state index < -0.39 is 0 Å². The third kappa shape index (κ3) is 4.58. The minimum absolute atomic E-state index is 0.616. The Bertz CT molecular complexity index is 896. The van der Waals surface area contributed by atoms with Crippen LogP contribution in [-0.2, 0) is 12.8 Å². The monoisotopic (exact) mass is 362 g/mol. The molecule has 0 heterocycles. The van der Waals surface area contributed by atoms with Gasteiger partial charge in [0.1, 0.15) is 0 Å². The fraction of sp³-hybridized carbons (Fsp3) is 0.143. The third-order valence-corrected chi connectivity index (χ3v) is 5.29. The second-order valence-electron chi connectivity index (χ2n) is 7.64. The third-order valence-electron chi connectivity index (χ3n) is 5.29. The van der Waals surface area contributed by atoms with Crippen molar-refractivity contribution in [2.75, 3.05) is 0 Å². The van der Waals surface area contributed by atoms with Crippen molar-refractivity contribution in [3.63, 3.8) is 0 Å². The standard InChI is InChI=1S/C28H26/c1-22(20-23-12-16-27(17-13-23)25-8-4-2-5-9-25)21-24-14-18-28(19-15-24)26-10-6-3-7-11-26/h2-19,22H,20-21H2,1H3. The van der Waals surface area contributed by atoms with Crippen LogP contribution in [0.3, 0.4) is 0 Å². The van der Waals surface area contributed by atoms with Crippen molar-refractivity contribution in [2.45, 2.75) is 19.8 Å². The van der Waals surface area contributed by atoms with Crippen LogP contribution in [0.1, 0.15) is 18.1 Å². The van der Waals surface area contributed by atoms with Gasteiger partial charge in [-0.3, -0.25) is 0 Å². The van der Waals surface area contributed by atoms with Crippen LogP contribution in [0.2, 0.25) is 0 Å². The zero-order valence-electron chi connectivity index (χ0n) is 16.4. The van der Waals surface area contributed by atoms with Gasteiger partial charge in [0.15, 0.2) is 0 Å². The maximum atomic E-state index is 2.34. The van der Waals surface area contributed by atoms with E-state index in [2.05, 4.69) is 116 Å². The number of rotatable bonds is 6. The molecule has 0 aromatic heterocycles. The van der Waals surface area contributed by atoms with Crippen molar-refractivity contribution in [1.82, 2.24) is 0 Å². The summed E-state index contributed by atoms with van der Waals surface area (Å²) in [6.45, 7) is 2.34. The summed E-state index contributed by atoms with van der Waals surface area (Å²) in [5.74, 6) is 0.616. The molecule has 0 aliphatic rings. The molecular weight excluding hydrogens is 336 g/mol. The highest BCUT2D eigenvalue weighted by atomic mass is 14.1. The van der Waals surface area contributed by atoms with E-state index in [0.29, 0.717) is 5.92 Å². The van der Waals surface area contributed by atoms with E-state index in [1.54, 1.807) is 0 Å². The fourth-order valence-electron chi connectivity index (χ4n) is 3.80. The second kappa shape index (κ2) is 8.71. The van der Waals surface area contributed by atoms with E-state index in [1.165, 1.54) is 33.4 Å². The number of benzene rings is 4. The quantitative estimate of drug-likeness (QED) is 0.334. The van der Waals surface area contributed by atoms with Crippen molar-refractivity contribution >= 4 is 0 Å². The van der Waals surface area contributed by atoms with Crippen molar-refractivity contribution < 1.29 is 0 Å². The Morgan fingerprint density at radius 1 is 0.429 bits per heavy atom. The molecule has 138 valence electrons. The summed E-state index contributed by atoms with van der Waals surface area (Å²) in [4.78, 5) is 0. The van der Waals surface area contributed by atoms with Crippen LogP contribution in [0.15, 0.2) is 109 Å². The maximum Gasteiger partial charge on any atom is -0.0184 e. The molecule has 0 heteroatoms. The largest absolute Gasteiger partial charge is 0.0622 e. The van der Waals surface area contributed by atoms with E-state index in [0.717, 1.165) is 12.8 Å². The van der Waals surface area contributed by atoms with Crippen molar-refractivity contribution in [3.05, 3.63) is 120 Å². The highest BCUT2D eigenvalue weighted by Gasteiger charge is 2.07. The van der Waals surface area contributed by atoms with Gasteiger partial charge in [-0.15, -0.1) is 0 Å². The second-order valence-corrected chi connectivity index (χ2v) is 7.64. The zero-order valence-corrected chi connectivity index (χ0v) is 16.4. The summed E-state index contributed by atoms with van der Waals surface area (Å²) in [6, 6.07) is 39.2. The van der Waals surface area contributed by atoms with Gasteiger partial charge in [-0.1, -0.05) is 116 Å². The van der Waals surface area contributed by atoms with E-state index in [4.69, 9.17) is 0 Å². The Balaban J connectivity index is 1.37. The van der Waals surface area contributed by atoms with Crippen LogP contribution < -0.4 is 0 Å². The van der Waals surface area contributed by atoms with Gasteiger partial charge in [0.25, 0.3) is 0 Å². The molecule has 0 fully saturated rings. The average Bonchev–Trinajstić information content (AvgIpc) is 2.76. The number of hydrogen-bond acceptors (Lipinski definition) is 0. The van der Waals surface area contributed by atoms with Crippen molar-refractivity contribution in [1.29, 1.82) is 0 Å². The molecule has 0 radical (unpaired) electrons. The minimum Gasteiger partial charge on any atom is -0.0622 e. The maximum absolute atomic E-state index is 2.34. The summed E-state index contributed by atoms with van der Waals surface area (Å²) in [6.07, 6.45) is 2.21. The van der Waals surface area contributed by atoms with Crippen LogP contribution in [-0.4, -0.2) is 0 Å². The molecule has 0 N–H and O–H groups in total. The average molecular weight is 363 g/mol. The first-order chi connectivity index (χ1) is 13.8. The molecule has 4 aromatic rings. The lowest BCUT2D eigenvalue weighted by molar-refractivity contribution is 0.577. The molecule has 0 unspecified atom stereocenters. The molecule has 4 aromatic carbocycles. The van der Waals surface area contributed by atoms with Crippen LogP contribution >= 0.6 is 0 Å². The summed E-state index contributed by atoms with van der Waals surface area (Å²) in [7, 11) is 0. The van der Waals surface area contributed by atoms with Gasteiger partial charge in [-0.25, -0.2) is 0 Å². The van der Waals surface area contributed by atoms with Gasteiger partial charge >= 0.3 is 0 Å². The minimum atomic E-state index is 0.616. The normalized spacial score (nSPS) is 10.9. The van der Waals surface area contributed by atoms with Gasteiger partial charge in [-0.2, -0.15) is 0 Å². The molecule has 0 spiro atoms. The van der Waals surface area contributed by atoms with Crippen LogP contribution in [0, 0.1) is 5.92 Å². The van der Waals surface area contributed by atoms with E-state index in [-0.39, 0.29) is 0 Å². The predicted octanol–water partition coefficient (Wildman–Crippen LogP) is 7.44. The highest BCUT2D eigenvalue weighted by molar-refractivity contribution is 5.64. The summed E-state index contributed by atoms with van der Waals surface area (Å²) >= 11 is 0. The molecule has 28 heavy (non-hydrogen) atoms. The SMILES string of the molecule is CC(Cc1ccc(-c2ccccc2)cc1)Cc1ccc(-c2ccccc2)cc1. The molecule has 0 atom stereocenters.